The number of unbranched alkanes of at least 4 members (excludes halogenated alkanes) is 1. The van der Waals surface area contributed by atoms with Gasteiger partial charge in [-0.2, -0.15) is 0 Å². The monoisotopic (exact) mass is 493 g/mol. The third-order valence-corrected chi connectivity index (χ3v) is 7.86. The van der Waals surface area contributed by atoms with Gasteiger partial charge in [0.2, 0.25) is 0 Å². The Morgan fingerprint density at radius 2 is 2.00 bits per heavy atom. The van der Waals surface area contributed by atoms with E-state index >= 15 is 4.39 Å². The standard InChI is InChI=1S/C23H28FN3O4S2/c1-4-5-12-31-23(28)26-33(29,30)22-20(21(24)19(32-22)13-16(2)3)18-8-6-17(7-9-18)14-27-11-10-25-15-27/h6-11,15-16H,4-5,12-14H2,1-3H3,(H,26,28). The van der Waals surface area contributed by atoms with Crippen molar-refractivity contribution in [3.8, 4) is 11.1 Å². The molecule has 0 radical (unpaired) electrons. The van der Waals surface area contributed by atoms with E-state index in [0.29, 0.717) is 29.8 Å². The van der Waals surface area contributed by atoms with Gasteiger partial charge in [-0.1, -0.05) is 51.5 Å². The number of nitrogens with one attached hydrogen (secondary N) is 1. The first-order valence-corrected chi connectivity index (χ1v) is 13.1. The Balaban J connectivity index is 1.94. The van der Waals surface area contributed by atoms with Gasteiger partial charge in [-0.15, -0.1) is 11.3 Å². The van der Waals surface area contributed by atoms with Crippen LogP contribution in [0, 0.1) is 11.7 Å². The number of carbonyl (C=O) groups excluding carboxylic acids is 1. The van der Waals surface area contributed by atoms with Crippen molar-refractivity contribution in [2.75, 3.05) is 6.61 Å². The van der Waals surface area contributed by atoms with Crippen LogP contribution in [0.2, 0.25) is 0 Å². The van der Waals surface area contributed by atoms with E-state index in [1.807, 2.05) is 48.4 Å². The van der Waals surface area contributed by atoms with Crippen molar-refractivity contribution in [2.45, 2.75) is 50.8 Å². The summed E-state index contributed by atoms with van der Waals surface area (Å²) < 4.78 is 50.0. The number of nitrogens with zero attached hydrogens (tertiary/aromatic N) is 2. The maximum absolute atomic E-state index is 15.5. The highest BCUT2D eigenvalue weighted by Gasteiger charge is 2.30. The summed E-state index contributed by atoms with van der Waals surface area (Å²) in [5.41, 5.74) is 1.35. The van der Waals surface area contributed by atoms with Crippen LogP contribution in [0.1, 0.15) is 44.1 Å². The molecule has 1 aromatic carbocycles. The molecule has 0 aliphatic carbocycles. The first-order valence-electron chi connectivity index (χ1n) is 10.8. The van der Waals surface area contributed by atoms with E-state index in [2.05, 4.69) is 4.98 Å². The van der Waals surface area contributed by atoms with Crippen molar-refractivity contribution in [3.63, 3.8) is 0 Å². The van der Waals surface area contributed by atoms with E-state index in [1.165, 1.54) is 0 Å². The Bertz CT molecular complexity index is 1170. The predicted molar refractivity (Wildman–Crippen MR) is 126 cm³/mol. The molecule has 2 heterocycles. The van der Waals surface area contributed by atoms with E-state index in [4.69, 9.17) is 4.74 Å². The number of hydrogen-bond donors (Lipinski definition) is 1. The van der Waals surface area contributed by atoms with Crippen LogP contribution in [0.3, 0.4) is 0 Å². The van der Waals surface area contributed by atoms with Crippen molar-refractivity contribution in [1.29, 1.82) is 0 Å². The van der Waals surface area contributed by atoms with Gasteiger partial charge in [0.15, 0.2) is 4.21 Å². The summed E-state index contributed by atoms with van der Waals surface area (Å²) in [6.45, 7) is 6.49. The van der Waals surface area contributed by atoms with Crippen molar-refractivity contribution in [2.24, 2.45) is 5.92 Å². The molecule has 0 aliphatic heterocycles. The second-order valence-electron chi connectivity index (χ2n) is 8.13. The molecule has 7 nitrogen and oxygen atoms in total. The van der Waals surface area contributed by atoms with Gasteiger partial charge < -0.3 is 9.30 Å². The van der Waals surface area contributed by atoms with Crippen LogP contribution < -0.4 is 4.72 Å². The highest BCUT2D eigenvalue weighted by Crippen LogP contribution is 2.39. The molecule has 0 fully saturated rings. The van der Waals surface area contributed by atoms with Gasteiger partial charge in [-0.3, -0.25) is 0 Å². The average molecular weight is 494 g/mol. The molecular formula is C23H28FN3O4S2. The molecule has 0 bridgehead atoms. The van der Waals surface area contributed by atoms with Crippen LogP contribution in [0.5, 0.6) is 0 Å². The molecule has 0 aliphatic rings. The smallest absolute Gasteiger partial charge is 0.421 e. The molecule has 0 atom stereocenters. The van der Waals surface area contributed by atoms with Crippen molar-refractivity contribution in [1.82, 2.24) is 14.3 Å². The summed E-state index contributed by atoms with van der Waals surface area (Å²) in [7, 11) is -4.32. The number of aromatic nitrogens is 2. The molecule has 3 aromatic rings. The number of halogens is 1. The molecule has 2 aromatic heterocycles. The number of benzene rings is 1. The Morgan fingerprint density at radius 1 is 1.27 bits per heavy atom. The molecule has 1 N–H and O–H groups in total. The maximum atomic E-state index is 15.5. The largest absolute Gasteiger partial charge is 0.449 e. The van der Waals surface area contributed by atoms with E-state index in [9.17, 15) is 13.2 Å². The van der Waals surface area contributed by atoms with Gasteiger partial charge >= 0.3 is 6.09 Å². The number of rotatable bonds is 10. The quantitative estimate of drug-likeness (QED) is 0.392. The fourth-order valence-electron chi connectivity index (χ4n) is 3.24. The molecule has 3 rings (SSSR count). The third-order valence-electron chi connectivity index (χ3n) is 4.84. The topological polar surface area (TPSA) is 90.3 Å². The van der Waals surface area contributed by atoms with E-state index in [-0.39, 0.29) is 22.3 Å². The average Bonchev–Trinajstić information content (AvgIpc) is 3.37. The van der Waals surface area contributed by atoms with Gasteiger partial charge in [0.05, 0.1) is 12.9 Å². The van der Waals surface area contributed by atoms with Crippen LogP contribution in [0.4, 0.5) is 9.18 Å². The number of thiophene rings is 1. The van der Waals surface area contributed by atoms with Crippen LogP contribution in [0.15, 0.2) is 47.2 Å². The SMILES string of the molecule is CCCCOC(=O)NS(=O)(=O)c1sc(CC(C)C)c(F)c1-c1ccc(Cn2ccnc2)cc1. The third kappa shape index (κ3) is 6.42. The second kappa shape index (κ2) is 10.9. The lowest BCUT2D eigenvalue weighted by atomic mass is 10.0. The zero-order chi connectivity index (χ0) is 24.0. The minimum Gasteiger partial charge on any atom is -0.449 e. The molecule has 0 unspecified atom stereocenters. The van der Waals surface area contributed by atoms with Crippen LogP contribution in [-0.2, 0) is 27.7 Å². The number of imidazole rings is 1. The van der Waals surface area contributed by atoms with E-state index in [0.717, 1.165) is 23.3 Å². The molecule has 33 heavy (non-hydrogen) atoms. The van der Waals surface area contributed by atoms with Crippen molar-refractivity contribution < 1.29 is 22.3 Å². The predicted octanol–water partition coefficient (Wildman–Crippen LogP) is 5.21. The van der Waals surface area contributed by atoms with E-state index < -0.39 is 21.9 Å². The van der Waals surface area contributed by atoms with E-state index in [1.54, 1.807) is 24.7 Å². The maximum Gasteiger partial charge on any atom is 0.421 e. The molecular weight excluding hydrogens is 465 g/mol. The fraction of sp³-hybridized carbons (Fsp3) is 0.391. The van der Waals surface area contributed by atoms with Crippen molar-refractivity contribution in [3.05, 3.63) is 59.2 Å². The zero-order valence-corrected chi connectivity index (χ0v) is 20.5. The van der Waals surface area contributed by atoms with Crippen molar-refractivity contribution >= 4 is 27.5 Å². The number of sulfonamides is 1. The number of hydrogen-bond acceptors (Lipinski definition) is 6. The van der Waals surface area contributed by atoms with Crippen LogP contribution >= 0.6 is 11.3 Å². The normalized spacial score (nSPS) is 11.7. The summed E-state index contributed by atoms with van der Waals surface area (Å²) in [4.78, 5) is 16.4. The Kier molecular flexibility index (Phi) is 8.25. The summed E-state index contributed by atoms with van der Waals surface area (Å²) in [6.07, 6.45) is 5.96. The highest BCUT2D eigenvalue weighted by atomic mass is 32.2. The molecule has 1 amide bonds. The fourth-order valence-corrected chi connectivity index (χ4v) is 6.09. The van der Waals surface area contributed by atoms with Gasteiger partial charge in [0.25, 0.3) is 10.0 Å². The van der Waals surface area contributed by atoms with Gasteiger partial charge in [-0.25, -0.2) is 27.3 Å². The second-order valence-corrected chi connectivity index (χ2v) is 11.1. The minimum absolute atomic E-state index is 0.0290. The number of amides is 1. The van der Waals surface area contributed by atoms with Gasteiger partial charge in [0, 0.05) is 29.4 Å². The van der Waals surface area contributed by atoms with Crippen LogP contribution in [-0.4, -0.2) is 30.7 Å². The molecule has 0 saturated carbocycles. The lowest BCUT2D eigenvalue weighted by molar-refractivity contribution is 0.151. The minimum atomic E-state index is -4.32. The Morgan fingerprint density at radius 3 is 2.61 bits per heavy atom. The summed E-state index contributed by atoms with van der Waals surface area (Å²) in [6, 6.07) is 7.01. The summed E-state index contributed by atoms with van der Waals surface area (Å²) in [5, 5.41) is 0. The van der Waals surface area contributed by atoms with Gasteiger partial charge in [0.1, 0.15) is 5.82 Å². The van der Waals surface area contributed by atoms with Crippen LogP contribution in [0.25, 0.3) is 11.1 Å². The Labute approximate surface area is 197 Å². The summed E-state index contributed by atoms with van der Waals surface area (Å²) >= 11 is 0.849. The number of ether oxygens (including phenoxy) is 1. The summed E-state index contributed by atoms with van der Waals surface area (Å²) in [5.74, 6) is -0.443. The first kappa shape index (κ1) is 24.9. The number of carbonyl (C=O) groups is 1. The lowest BCUT2D eigenvalue weighted by Gasteiger charge is -2.09. The van der Waals surface area contributed by atoms with Gasteiger partial charge in [-0.05, 0) is 29.9 Å². The molecule has 0 saturated heterocycles. The lowest BCUT2D eigenvalue weighted by Crippen LogP contribution is -2.31. The zero-order valence-electron chi connectivity index (χ0n) is 18.9. The molecule has 10 heteroatoms. The first-order chi connectivity index (χ1) is 15.7. The molecule has 0 spiro atoms. The Hall–Kier alpha value is -2.72. The highest BCUT2D eigenvalue weighted by molar-refractivity contribution is 7.92. The molecule has 178 valence electrons.